The SMILES string of the molecule is CCOc1cc([N+](=O)[O-])c(C(=O)OC(C)C(=O)Nc2ccc(C#N)c(Cl)c2)cc1OC. The molecule has 31 heavy (non-hydrogen) atoms. The maximum absolute atomic E-state index is 12.6. The molecule has 0 aliphatic heterocycles. The number of benzene rings is 2. The van der Waals surface area contributed by atoms with Crippen LogP contribution < -0.4 is 14.8 Å². The van der Waals surface area contributed by atoms with Crippen LogP contribution in [0, 0.1) is 21.4 Å². The van der Waals surface area contributed by atoms with Crippen LogP contribution >= 0.6 is 11.6 Å². The lowest BCUT2D eigenvalue weighted by Crippen LogP contribution is -2.30. The molecule has 2 aromatic carbocycles. The zero-order valence-corrected chi connectivity index (χ0v) is 17.6. The summed E-state index contributed by atoms with van der Waals surface area (Å²) in [4.78, 5) is 35.6. The van der Waals surface area contributed by atoms with Gasteiger partial charge >= 0.3 is 5.97 Å². The number of nitro benzene ring substituents is 1. The van der Waals surface area contributed by atoms with E-state index in [2.05, 4.69) is 5.32 Å². The van der Waals surface area contributed by atoms with Gasteiger partial charge in [-0.05, 0) is 32.0 Å². The van der Waals surface area contributed by atoms with Gasteiger partial charge in [0.2, 0.25) is 0 Å². The lowest BCUT2D eigenvalue weighted by Gasteiger charge is -2.15. The van der Waals surface area contributed by atoms with Gasteiger partial charge in [-0.1, -0.05) is 11.6 Å². The minimum Gasteiger partial charge on any atom is -0.493 e. The Kier molecular flexibility index (Phi) is 7.76. The van der Waals surface area contributed by atoms with Crippen LogP contribution in [0.4, 0.5) is 11.4 Å². The molecule has 0 spiro atoms. The number of hydrogen-bond donors (Lipinski definition) is 1. The molecule has 2 rings (SSSR count). The molecule has 0 saturated heterocycles. The van der Waals surface area contributed by atoms with Crippen molar-refractivity contribution in [1.29, 1.82) is 5.26 Å². The molecule has 0 aromatic heterocycles. The summed E-state index contributed by atoms with van der Waals surface area (Å²) in [5, 5.41) is 22.9. The van der Waals surface area contributed by atoms with Crippen molar-refractivity contribution < 1.29 is 28.7 Å². The van der Waals surface area contributed by atoms with Crippen LogP contribution in [0.3, 0.4) is 0 Å². The summed E-state index contributed by atoms with van der Waals surface area (Å²) in [6.07, 6.45) is -1.29. The minimum atomic E-state index is -1.29. The smallest absolute Gasteiger partial charge is 0.346 e. The minimum absolute atomic E-state index is 0.0942. The molecule has 2 aromatic rings. The van der Waals surface area contributed by atoms with Gasteiger partial charge in [-0.15, -0.1) is 0 Å². The Hall–Kier alpha value is -3.84. The average molecular weight is 448 g/mol. The fourth-order valence-electron chi connectivity index (χ4n) is 2.50. The van der Waals surface area contributed by atoms with Gasteiger partial charge in [0.15, 0.2) is 17.6 Å². The zero-order chi connectivity index (χ0) is 23.1. The van der Waals surface area contributed by atoms with E-state index < -0.39 is 34.2 Å². The molecule has 1 atom stereocenters. The molecule has 10 nitrogen and oxygen atoms in total. The van der Waals surface area contributed by atoms with E-state index in [4.69, 9.17) is 31.1 Å². The first-order valence-electron chi connectivity index (χ1n) is 8.92. The van der Waals surface area contributed by atoms with Crippen molar-refractivity contribution in [2.24, 2.45) is 0 Å². The highest BCUT2D eigenvalue weighted by molar-refractivity contribution is 6.32. The maximum atomic E-state index is 12.6. The van der Waals surface area contributed by atoms with Gasteiger partial charge in [0, 0.05) is 11.8 Å². The summed E-state index contributed by atoms with van der Waals surface area (Å²) in [7, 11) is 1.32. The number of nitrogens with one attached hydrogen (secondary N) is 1. The van der Waals surface area contributed by atoms with Gasteiger partial charge in [-0.2, -0.15) is 5.26 Å². The Morgan fingerprint density at radius 3 is 2.55 bits per heavy atom. The third kappa shape index (κ3) is 5.61. The molecule has 11 heteroatoms. The monoisotopic (exact) mass is 447 g/mol. The van der Waals surface area contributed by atoms with Crippen LogP contribution in [-0.2, 0) is 9.53 Å². The predicted molar refractivity (Wildman–Crippen MR) is 110 cm³/mol. The van der Waals surface area contributed by atoms with E-state index in [1.54, 1.807) is 6.92 Å². The summed E-state index contributed by atoms with van der Waals surface area (Å²) < 4.78 is 15.5. The number of nitriles is 1. The molecule has 0 aliphatic carbocycles. The molecule has 0 fully saturated rings. The standard InChI is InChI=1S/C20H18ClN3O7/c1-4-30-18-9-16(24(27)28)14(8-17(18)29-3)20(26)31-11(2)19(25)23-13-6-5-12(10-22)15(21)7-13/h5-9,11H,4H2,1-3H3,(H,23,25). The molecular weight excluding hydrogens is 430 g/mol. The number of nitro groups is 1. The molecule has 0 saturated carbocycles. The lowest BCUT2D eigenvalue weighted by atomic mass is 10.1. The van der Waals surface area contributed by atoms with Gasteiger partial charge in [0.05, 0.1) is 35.3 Å². The van der Waals surface area contributed by atoms with Gasteiger partial charge in [-0.3, -0.25) is 14.9 Å². The zero-order valence-electron chi connectivity index (χ0n) is 16.8. The Balaban J connectivity index is 2.21. The van der Waals surface area contributed by atoms with E-state index in [1.165, 1.54) is 32.2 Å². The van der Waals surface area contributed by atoms with Crippen molar-refractivity contribution in [2.45, 2.75) is 20.0 Å². The second-order valence-corrected chi connectivity index (χ2v) is 6.46. The number of nitrogens with zero attached hydrogens (tertiary/aromatic N) is 2. The second-order valence-electron chi connectivity index (χ2n) is 6.05. The quantitative estimate of drug-likeness (QED) is 0.366. The Bertz CT molecular complexity index is 1070. The second kappa shape index (κ2) is 10.3. The van der Waals surface area contributed by atoms with E-state index in [1.807, 2.05) is 6.07 Å². The molecule has 162 valence electrons. The summed E-state index contributed by atoms with van der Waals surface area (Å²) in [6, 6.07) is 8.32. The van der Waals surface area contributed by atoms with Crippen molar-refractivity contribution in [3.05, 3.63) is 56.6 Å². The van der Waals surface area contributed by atoms with Crippen molar-refractivity contribution in [2.75, 3.05) is 19.0 Å². The molecule has 1 amide bonds. The Morgan fingerprint density at radius 1 is 1.29 bits per heavy atom. The third-order valence-electron chi connectivity index (χ3n) is 4.01. The molecule has 0 bridgehead atoms. The van der Waals surface area contributed by atoms with E-state index in [9.17, 15) is 19.7 Å². The number of carbonyl (C=O) groups is 2. The van der Waals surface area contributed by atoms with Crippen LogP contribution in [0.15, 0.2) is 30.3 Å². The number of halogens is 1. The van der Waals surface area contributed by atoms with Crippen LogP contribution in [-0.4, -0.2) is 36.6 Å². The number of ether oxygens (including phenoxy) is 3. The van der Waals surface area contributed by atoms with Gasteiger partial charge < -0.3 is 19.5 Å². The van der Waals surface area contributed by atoms with Crippen LogP contribution in [0.1, 0.15) is 29.8 Å². The van der Waals surface area contributed by atoms with Crippen molar-refractivity contribution in [1.82, 2.24) is 0 Å². The number of esters is 1. The molecule has 1 unspecified atom stereocenters. The molecular formula is C20H18ClN3O7. The Morgan fingerprint density at radius 2 is 2.00 bits per heavy atom. The average Bonchev–Trinajstić information content (AvgIpc) is 2.73. The number of carbonyl (C=O) groups excluding carboxylic acids is 2. The van der Waals surface area contributed by atoms with E-state index in [0.717, 1.165) is 12.1 Å². The van der Waals surface area contributed by atoms with Gasteiger partial charge in [-0.25, -0.2) is 4.79 Å². The highest BCUT2D eigenvalue weighted by Crippen LogP contribution is 2.35. The highest BCUT2D eigenvalue weighted by Gasteiger charge is 2.28. The van der Waals surface area contributed by atoms with E-state index in [0.29, 0.717) is 0 Å². The highest BCUT2D eigenvalue weighted by atomic mass is 35.5. The first-order chi connectivity index (χ1) is 14.7. The molecule has 1 N–H and O–H groups in total. The fraction of sp³-hybridized carbons (Fsp3) is 0.250. The molecule has 0 aliphatic rings. The van der Waals surface area contributed by atoms with Crippen molar-refractivity contribution >= 4 is 34.9 Å². The van der Waals surface area contributed by atoms with Crippen LogP contribution in [0.2, 0.25) is 5.02 Å². The van der Waals surface area contributed by atoms with E-state index in [-0.39, 0.29) is 34.4 Å². The first kappa shape index (κ1) is 23.4. The molecule has 0 radical (unpaired) electrons. The largest absolute Gasteiger partial charge is 0.493 e. The summed E-state index contributed by atoms with van der Waals surface area (Å²) >= 11 is 5.92. The number of methoxy groups -OCH3 is 1. The summed E-state index contributed by atoms with van der Waals surface area (Å²) in [5.74, 6) is -1.59. The van der Waals surface area contributed by atoms with Crippen molar-refractivity contribution in [3.8, 4) is 17.6 Å². The van der Waals surface area contributed by atoms with Gasteiger partial charge in [0.1, 0.15) is 11.6 Å². The first-order valence-corrected chi connectivity index (χ1v) is 9.30. The number of hydrogen-bond acceptors (Lipinski definition) is 8. The summed E-state index contributed by atoms with van der Waals surface area (Å²) in [6.45, 7) is 3.22. The van der Waals surface area contributed by atoms with Crippen LogP contribution in [0.5, 0.6) is 11.5 Å². The summed E-state index contributed by atoms with van der Waals surface area (Å²) in [5.41, 5.74) is -0.436. The topological polar surface area (TPSA) is 141 Å². The van der Waals surface area contributed by atoms with E-state index >= 15 is 0 Å². The predicted octanol–water partition coefficient (Wildman–Crippen LogP) is 3.71. The third-order valence-corrected chi connectivity index (χ3v) is 4.32. The maximum Gasteiger partial charge on any atom is 0.346 e. The Labute approximate surface area is 182 Å². The number of amides is 1. The van der Waals surface area contributed by atoms with Gasteiger partial charge in [0.25, 0.3) is 11.6 Å². The number of rotatable bonds is 8. The lowest BCUT2D eigenvalue weighted by molar-refractivity contribution is -0.385. The van der Waals surface area contributed by atoms with Crippen LogP contribution in [0.25, 0.3) is 0 Å². The normalized spacial score (nSPS) is 11.1. The molecule has 0 heterocycles. The number of anilines is 1. The fourth-order valence-corrected chi connectivity index (χ4v) is 2.72. The van der Waals surface area contributed by atoms with Crippen molar-refractivity contribution in [3.63, 3.8) is 0 Å².